The van der Waals surface area contributed by atoms with Gasteiger partial charge in [-0.15, -0.1) is 0 Å². The van der Waals surface area contributed by atoms with Gasteiger partial charge in [-0.3, -0.25) is 0 Å². The van der Waals surface area contributed by atoms with Gasteiger partial charge in [0.05, 0.1) is 12.0 Å². The summed E-state index contributed by atoms with van der Waals surface area (Å²) >= 11 is 0. The van der Waals surface area contributed by atoms with Crippen LogP contribution in [-0.4, -0.2) is 38.8 Å². The first kappa shape index (κ1) is 15.0. The molecule has 112 valence electrons. The van der Waals surface area contributed by atoms with Crippen LogP contribution >= 0.6 is 0 Å². The van der Waals surface area contributed by atoms with Crippen molar-refractivity contribution in [2.24, 2.45) is 0 Å². The van der Waals surface area contributed by atoms with Gasteiger partial charge in [0, 0.05) is 6.20 Å². The normalized spacial score (nSPS) is 11.4. The average Bonchev–Trinajstić information content (AvgIpc) is 2.80. The highest BCUT2D eigenvalue weighted by Crippen LogP contribution is 2.19. The minimum absolute atomic E-state index is 0.129. The van der Waals surface area contributed by atoms with Crippen LogP contribution in [0.15, 0.2) is 18.6 Å². The van der Waals surface area contributed by atoms with Crippen molar-refractivity contribution in [1.82, 2.24) is 14.5 Å². The number of nitrogens with zero attached hydrogens (tertiary/aromatic N) is 3. The van der Waals surface area contributed by atoms with Gasteiger partial charge in [-0.05, 0) is 33.8 Å². The summed E-state index contributed by atoms with van der Waals surface area (Å²) in [7, 11) is 0. The van der Waals surface area contributed by atoms with Crippen molar-refractivity contribution in [1.29, 1.82) is 0 Å². The van der Waals surface area contributed by atoms with Crippen LogP contribution in [0.5, 0.6) is 0 Å². The highest BCUT2D eigenvalue weighted by molar-refractivity contribution is 6.02. The fourth-order valence-electron chi connectivity index (χ4n) is 1.77. The molecule has 2 heterocycles. The summed E-state index contributed by atoms with van der Waals surface area (Å²) in [5.41, 5.74) is -0.184. The Balaban J connectivity index is 2.43. The topological polar surface area (TPSA) is 83.3 Å². The van der Waals surface area contributed by atoms with Crippen LogP contribution in [0.3, 0.4) is 0 Å². The van der Waals surface area contributed by atoms with Gasteiger partial charge >= 0.3 is 12.1 Å². The summed E-state index contributed by atoms with van der Waals surface area (Å²) in [5, 5.41) is 0.446. The van der Waals surface area contributed by atoms with Crippen LogP contribution in [-0.2, 0) is 9.47 Å². The Morgan fingerprint density at radius 1 is 1.29 bits per heavy atom. The van der Waals surface area contributed by atoms with Crippen molar-refractivity contribution in [2.75, 3.05) is 6.61 Å². The second kappa shape index (κ2) is 5.51. The molecule has 0 radical (unpaired) electrons. The number of rotatable bonds is 2. The molecule has 0 N–H and O–H groups in total. The van der Waals surface area contributed by atoms with E-state index in [1.54, 1.807) is 33.8 Å². The SMILES string of the molecule is CCOC(=O)c1ncnc2c1ccn2C(=O)OC(C)(C)C. The monoisotopic (exact) mass is 291 g/mol. The molecule has 0 aliphatic rings. The minimum atomic E-state index is -0.620. The maximum atomic E-state index is 12.1. The Morgan fingerprint density at radius 2 is 2.00 bits per heavy atom. The predicted molar refractivity (Wildman–Crippen MR) is 75.1 cm³/mol. The smallest absolute Gasteiger partial charge is 0.420 e. The summed E-state index contributed by atoms with van der Waals surface area (Å²) in [6.45, 7) is 7.28. The van der Waals surface area contributed by atoms with Crippen molar-refractivity contribution >= 4 is 23.1 Å². The van der Waals surface area contributed by atoms with E-state index in [9.17, 15) is 9.59 Å². The molecule has 0 unspecified atom stereocenters. The molecule has 2 aromatic heterocycles. The summed E-state index contributed by atoms with van der Waals surface area (Å²) < 4.78 is 11.5. The summed E-state index contributed by atoms with van der Waals surface area (Å²) in [4.78, 5) is 31.9. The maximum absolute atomic E-state index is 12.1. The third-order valence-corrected chi connectivity index (χ3v) is 2.54. The van der Waals surface area contributed by atoms with E-state index in [1.807, 2.05) is 0 Å². The zero-order chi connectivity index (χ0) is 15.6. The molecule has 0 bridgehead atoms. The zero-order valence-electron chi connectivity index (χ0n) is 12.4. The maximum Gasteiger partial charge on any atom is 0.420 e. The van der Waals surface area contributed by atoms with Crippen molar-refractivity contribution in [3.05, 3.63) is 24.3 Å². The van der Waals surface area contributed by atoms with Crippen molar-refractivity contribution in [3.63, 3.8) is 0 Å². The highest BCUT2D eigenvalue weighted by Gasteiger charge is 2.22. The molecule has 2 rings (SSSR count). The van der Waals surface area contributed by atoms with Gasteiger partial charge in [-0.1, -0.05) is 0 Å². The molecule has 7 nitrogen and oxygen atoms in total. The number of aromatic nitrogens is 3. The molecule has 2 aromatic rings. The molecule has 0 spiro atoms. The second-order valence-corrected chi connectivity index (χ2v) is 5.35. The quantitative estimate of drug-likeness (QED) is 0.790. The average molecular weight is 291 g/mol. The van der Waals surface area contributed by atoms with Gasteiger partial charge in [-0.25, -0.2) is 24.1 Å². The first-order valence-corrected chi connectivity index (χ1v) is 6.56. The van der Waals surface area contributed by atoms with Crippen LogP contribution in [0.25, 0.3) is 11.0 Å². The van der Waals surface area contributed by atoms with E-state index in [0.717, 1.165) is 0 Å². The van der Waals surface area contributed by atoms with E-state index < -0.39 is 17.7 Å². The van der Waals surface area contributed by atoms with Crippen LogP contribution in [0.1, 0.15) is 38.2 Å². The van der Waals surface area contributed by atoms with Crippen LogP contribution in [0.2, 0.25) is 0 Å². The zero-order valence-corrected chi connectivity index (χ0v) is 12.4. The number of carbonyl (C=O) groups is 2. The molecule has 7 heteroatoms. The largest absolute Gasteiger partial charge is 0.461 e. The third-order valence-electron chi connectivity index (χ3n) is 2.54. The third kappa shape index (κ3) is 3.18. The molecular formula is C14H17N3O4. The standard InChI is InChI=1S/C14H17N3O4/c1-5-20-12(18)10-9-6-7-17(11(9)16-8-15-10)13(19)21-14(2,3)4/h6-8H,5H2,1-4H3. The van der Waals surface area contributed by atoms with Crippen LogP contribution in [0.4, 0.5) is 4.79 Å². The fraction of sp³-hybridized carbons (Fsp3) is 0.429. The molecule has 21 heavy (non-hydrogen) atoms. The summed E-state index contributed by atoms with van der Waals surface area (Å²) in [6, 6.07) is 1.59. The lowest BCUT2D eigenvalue weighted by Crippen LogP contribution is -2.27. The molecule has 0 fully saturated rings. The number of hydrogen-bond acceptors (Lipinski definition) is 6. The Labute approximate surface area is 121 Å². The first-order chi connectivity index (χ1) is 9.83. The highest BCUT2D eigenvalue weighted by atomic mass is 16.6. The predicted octanol–water partition coefficient (Wildman–Crippen LogP) is 2.39. The van der Waals surface area contributed by atoms with Crippen molar-refractivity contribution in [2.45, 2.75) is 33.3 Å². The van der Waals surface area contributed by atoms with Crippen molar-refractivity contribution in [3.8, 4) is 0 Å². The fourth-order valence-corrected chi connectivity index (χ4v) is 1.77. The van der Waals surface area contributed by atoms with E-state index in [0.29, 0.717) is 11.0 Å². The number of fused-ring (bicyclic) bond motifs is 1. The Hall–Kier alpha value is -2.44. The van der Waals surface area contributed by atoms with Gasteiger partial charge in [-0.2, -0.15) is 0 Å². The lowest BCUT2D eigenvalue weighted by Gasteiger charge is -2.19. The van der Waals surface area contributed by atoms with Crippen LogP contribution < -0.4 is 0 Å². The number of hydrogen-bond donors (Lipinski definition) is 0. The number of esters is 1. The van der Waals surface area contributed by atoms with Gasteiger partial charge in [0.25, 0.3) is 0 Å². The molecule has 0 aromatic carbocycles. The second-order valence-electron chi connectivity index (χ2n) is 5.35. The Kier molecular flexibility index (Phi) is 3.93. The van der Waals surface area contributed by atoms with Crippen molar-refractivity contribution < 1.29 is 19.1 Å². The molecule has 0 saturated carbocycles. The molecule has 0 saturated heterocycles. The van der Waals surface area contributed by atoms with E-state index in [2.05, 4.69) is 9.97 Å². The molecule has 0 aliphatic carbocycles. The lowest BCUT2D eigenvalue weighted by molar-refractivity contribution is 0.0515. The first-order valence-electron chi connectivity index (χ1n) is 6.56. The Bertz CT molecular complexity index is 685. The van der Waals surface area contributed by atoms with Gasteiger partial charge < -0.3 is 9.47 Å². The molecule has 0 aliphatic heterocycles. The van der Waals surface area contributed by atoms with Gasteiger partial charge in [0.1, 0.15) is 11.9 Å². The Morgan fingerprint density at radius 3 is 2.62 bits per heavy atom. The summed E-state index contributed by atoms with van der Waals surface area (Å²) in [6.07, 6.45) is 2.15. The number of carbonyl (C=O) groups excluding carboxylic acids is 2. The lowest BCUT2D eigenvalue weighted by atomic mass is 10.2. The molecule has 0 amide bonds. The minimum Gasteiger partial charge on any atom is -0.461 e. The van der Waals surface area contributed by atoms with E-state index >= 15 is 0 Å². The molecular weight excluding hydrogens is 274 g/mol. The van der Waals surface area contributed by atoms with E-state index in [-0.39, 0.29) is 12.3 Å². The van der Waals surface area contributed by atoms with Crippen LogP contribution in [0, 0.1) is 0 Å². The van der Waals surface area contributed by atoms with E-state index in [1.165, 1.54) is 17.1 Å². The number of ether oxygens (including phenoxy) is 2. The van der Waals surface area contributed by atoms with E-state index in [4.69, 9.17) is 9.47 Å². The van der Waals surface area contributed by atoms with Gasteiger partial charge in [0.2, 0.25) is 0 Å². The summed E-state index contributed by atoms with van der Waals surface area (Å²) in [5.74, 6) is -0.549. The molecule has 0 atom stereocenters. The van der Waals surface area contributed by atoms with Gasteiger partial charge in [0.15, 0.2) is 11.3 Å².